The summed E-state index contributed by atoms with van der Waals surface area (Å²) in [5.74, 6) is 0.00794. The van der Waals surface area contributed by atoms with Gasteiger partial charge in [0.15, 0.2) is 0 Å². The molecule has 2 aromatic carbocycles. The van der Waals surface area contributed by atoms with Crippen LogP contribution in [-0.2, 0) is 4.79 Å². The number of benzene rings is 2. The zero-order valence-electron chi connectivity index (χ0n) is 20.3. The summed E-state index contributed by atoms with van der Waals surface area (Å²) < 4.78 is 5.77. The summed E-state index contributed by atoms with van der Waals surface area (Å²) in [4.78, 5) is 18.8. The molecular formula is C28H35N3O3. The van der Waals surface area contributed by atoms with Gasteiger partial charge < -0.3 is 15.6 Å². The number of hydrogen-bond donors (Lipinski definition) is 2. The van der Waals surface area contributed by atoms with Gasteiger partial charge in [0.2, 0.25) is 5.88 Å². The predicted octanol–water partition coefficient (Wildman–Crippen LogP) is 5.76. The Bertz CT molecular complexity index is 1040. The number of hydrogen-bond acceptors (Lipinski definition) is 4. The molecule has 1 aromatic heterocycles. The Hall–Kier alpha value is -3.67. The van der Waals surface area contributed by atoms with Gasteiger partial charge in [0, 0.05) is 17.7 Å². The SMILES string of the molecule is CC(C)(CCCCOc1cc(-c2ccccc2)ccn1)C(N)=NCC(=O)O.Cc1ccccc1. The number of unbranched alkanes of at least 4 members (excludes halogenated alkanes) is 1. The van der Waals surface area contributed by atoms with Crippen molar-refractivity contribution >= 4 is 11.8 Å². The normalized spacial score (nSPS) is 11.3. The molecule has 34 heavy (non-hydrogen) atoms. The Morgan fingerprint density at radius 2 is 1.65 bits per heavy atom. The molecule has 0 fully saturated rings. The molecule has 6 nitrogen and oxygen atoms in total. The van der Waals surface area contributed by atoms with Crippen LogP contribution in [0.15, 0.2) is 84.0 Å². The number of aromatic nitrogens is 1. The maximum Gasteiger partial charge on any atom is 0.325 e. The van der Waals surface area contributed by atoms with Gasteiger partial charge in [-0.15, -0.1) is 0 Å². The molecule has 0 aliphatic rings. The third-order valence-corrected chi connectivity index (χ3v) is 5.31. The molecule has 1 heterocycles. The van der Waals surface area contributed by atoms with Crippen molar-refractivity contribution in [3.8, 4) is 17.0 Å². The molecule has 3 aromatic rings. The van der Waals surface area contributed by atoms with Gasteiger partial charge in [0.1, 0.15) is 12.4 Å². The van der Waals surface area contributed by atoms with Crippen LogP contribution in [-0.4, -0.2) is 35.0 Å². The predicted molar refractivity (Wildman–Crippen MR) is 138 cm³/mol. The van der Waals surface area contributed by atoms with Gasteiger partial charge in [-0.05, 0) is 43.4 Å². The highest BCUT2D eigenvalue weighted by atomic mass is 16.5. The molecule has 3 N–H and O–H groups in total. The smallest absolute Gasteiger partial charge is 0.325 e. The summed E-state index contributed by atoms with van der Waals surface area (Å²) in [6.07, 6.45) is 4.31. The summed E-state index contributed by atoms with van der Waals surface area (Å²) in [7, 11) is 0. The molecule has 0 radical (unpaired) electrons. The standard InChI is InChI=1S/C21H27N3O3.C7H8/c1-21(2,20(22)24-15-19(25)26)11-6-7-13-27-18-14-17(10-12-23-18)16-8-4-3-5-9-16;1-7-5-3-2-4-6-7/h3-5,8-10,12,14H,6-7,11,13,15H2,1-2H3,(H2,22,24)(H,25,26);2-6H,1H3. The van der Waals surface area contributed by atoms with Gasteiger partial charge in [-0.3, -0.25) is 9.79 Å². The second kappa shape index (κ2) is 13.8. The third kappa shape index (κ3) is 9.86. The fourth-order valence-electron chi connectivity index (χ4n) is 3.17. The van der Waals surface area contributed by atoms with Gasteiger partial charge in [0.25, 0.3) is 0 Å². The average Bonchev–Trinajstić information content (AvgIpc) is 2.84. The van der Waals surface area contributed by atoms with Gasteiger partial charge in [-0.25, -0.2) is 4.98 Å². The fraction of sp³-hybridized carbons (Fsp3) is 0.321. The Balaban J connectivity index is 0.000000497. The molecule has 0 spiro atoms. The molecule has 0 aliphatic heterocycles. The lowest BCUT2D eigenvalue weighted by Crippen LogP contribution is -2.32. The Morgan fingerprint density at radius 3 is 2.24 bits per heavy atom. The summed E-state index contributed by atoms with van der Waals surface area (Å²) in [6.45, 7) is 6.30. The van der Waals surface area contributed by atoms with Crippen molar-refractivity contribution < 1.29 is 14.6 Å². The van der Waals surface area contributed by atoms with Crippen LogP contribution in [0.5, 0.6) is 5.88 Å². The molecule has 6 heteroatoms. The first-order chi connectivity index (χ1) is 16.3. The largest absolute Gasteiger partial charge is 0.480 e. The number of aryl methyl sites for hydroxylation is 1. The van der Waals surface area contributed by atoms with E-state index in [2.05, 4.69) is 41.2 Å². The number of carbonyl (C=O) groups is 1. The molecule has 0 aliphatic carbocycles. The molecule has 0 saturated carbocycles. The quantitative estimate of drug-likeness (QED) is 0.227. The first-order valence-corrected chi connectivity index (χ1v) is 11.5. The summed E-state index contributed by atoms with van der Waals surface area (Å²) in [6, 6.07) is 24.3. The van der Waals surface area contributed by atoms with Crippen LogP contribution in [0.2, 0.25) is 0 Å². The highest BCUT2D eigenvalue weighted by molar-refractivity contribution is 5.87. The van der Waals surface area contributed by atoms with E-state index in [0.29, 0.717) is 18.3 Å². The van der Waals surface area contributed by atoms with E-state index in [0.717, 1.165) is 30.4 Å². The minimum Gasteiger partial charge on any atom is -0.480 e. The van der Waals surface area contributed by atoms with E-state index in [9.17, 15) is 4.79 Å². The van der Waals surface area contributed by atoms with Gasteiger partial charge in [-0.1, -0.05) is 80.1 Å². The van der Waals surface area contributed by atoms with Crippen LogP contribution in [0.25, 0.3) is 11.1 Å². The summed E-state index contributed by atoms with van der Waals surface area (Å²) in [5, 5.41) is 8.69. The maximum absolute atomic E-state index is 10.6. The number of rotatable bonds is 10. The van der Waals surface area contributed by atoms with Crippen molar-refractivity contribution in [2.24, 2.45) is 16.1 Å². The lowest BCUT2D eigenvalue weighted by atomic mass is 9.86. The molecule has 0 amide bonds. The van der Waals surface area contributed by atoms with E-state index in [1.54, 1.807) is 6.20 Å². The van der Waals surface area contributed by atoms with E-state index in [-0.39, 0.29) is 12.0 Å². The maximum atomic E-state index is 10.6. The molecule has 0 atom stereocenters. The zero-order chi connectivity index (χ0) is 24.8. The molecule has 0 saturated heterocycles. The van der Waals surface area contributed by atoms with Gasteiger partial charge in [-0.2, -0.15) is 0 Å². The Morgan fingerprint density at radius 1 is 1.00 bits per heavy atom. The number of nitrogens with zero attached hydrogens (tertiary/aromatic N) is 2. The van der Waals surface area contributed by atoms with E-state index >= 15 is 0 Å². The molecule has 3 rings (SSSR count). The van der Waals surface area contributed by atoms with Crippen LogP contribution in [0.3, 0.4) is 0 Å². The van der Waals surface area contributed by atoms with Gasteiger partial charge in [0.05, 0.1) is 6.61 Å². The van der Waals surface area contributed by atoms with Crippen LogP contribution < -0.4 is 10.5 Å². The Kier molecular flexibility index (Phi) is 10.8. The number of aliphatic imine (C=N–C) groups is 1. The molecule has 180 valence electrons. The number of pyridine rings is 1. The lowest BCUT2D eigenvalue weighted by Gasteiger charge is -2.23. The third-order valence-electron chi connectivity index (χ3n) is 5.31. The average molecular weight is 462 g/mol. The van der Waals surface area contributed by atoms with Crippen molar-refractivity contribution in [3.05, 3.63) is 84.6 Å². The molecular weight excluding hydrogens is 426 g/mol. The summed E-state index contributed by atoms with van der Waals surface area (Å²) >= 11 is 0. The molecule has 0 bridgehead atoms. The molecule has 0 unspecified atom stereocenters. The van der Waals surface area contributed by atoms with Crippen LogP contribution in [0.4, 0.5) is 0 Å². The summed E-state index contributed by atoms with van der Waals surface area (Å²) in [5.41, 5.74) is 9.11. The van der Waals surface area contributed by atoms with E-state index in [4.69, 9.17) is 15.6 Å². The van der Waals surface area contributed by atoms with E-state index in [1.165, 1.54) is 5.56 Å². The number of carboxylic acid groups (broad SMARTS) is 1. The lowest BCUT2D eigenvalue weighted by molar-refractivity contribution is -0.135. The first-order valence-electron chi connectivity index (χ1n) is 11.5. The number of carboxylic acids is 1. The second-order valence-electron chi connectivity index (χ2n) is 8.69. The highest BCUT2D eigenvalue weighted by Crippen LogP contribution is 2.24. The minimum atomic E-state index is -0.979. The monoisotopic (exact) mass is 461 g/mol. The highest BCUT2D eigenvalue weighted by Gasteiger charge is 2.22. The van der Waals surface area contributed by atoms with Crippen molar-refractivity contribution in [2.45, 2.75) is 40.0 Å². The van der Waals surface area contributed by atoms with E-state index < -0.39 is 5.97 Å². The van der Waals surface area contributed by atoms with Crippen molar-refractivity contribution in [3.63, 3.8) is 0 Å². The Labute approximate surface area is 202 Å². The van der Waals surface area contributed by atoms with Crippen molar-refractivity contribution in [2.75, 3.05) is 13.2 Å². The van der Waals surface area contributed by atoms with Gasteiger partial charge >= 0.3 is 5.97 Å². The first kappa shape index (κ1) is 26.6. The fourth-order valence-corrected chi connectivity index (χ4v) is 3.17. The number of ether oxygens (including phenoxy) is 1. The minimum absolute atomic E-state index is 0.290. The van der Waals surface area contributed by atoms with Crippen LogP contribution in [0.1, 0.15) is 38.7 Å². The van der Waals surface area contributed by atoms with Crippen LogP contribution in [0, 0.1) is 12.3 Å². The second-order valence-corrected chi connectivity index (χ2v) is 8.69. The number of aliphatic carboxylic acids is 1. The van der Waals surface area contributed by atoms with Crippen LogP contribution >= 0.6 is 0 Å². The zero-order valence-corrected chi connectivity index (χ0v) is 20.3. The number of amidine groups is 1. The topological polar surface area (TPSA) is 97.8 Å². The van der Waals surface area contributed by atoms with Crippen molar-refractivity contribution in [1.29, 1.82) is 0 Å². The van der Waals surface area contributed by atoms with E-state index in [1.807, 2.05) is 62.4 Å². The number of nitrogens with two attached hydrogens (primary N) is 1. The van der Waals surface area contributed by atoms with Crippen molar-refractivity contribution in [1.82, 2.24) is 4.98 Å².